The minimum absolute atomic E-state index is 0.0218. The molecule has 10 heteroatoms. The number of piperazine rings is 1. The molecule has 4 rings (SSSR count). The third-order valence-electron chi connectivity index (χ3n) is 5.85. The molecule has 1 aliphatic rings. The van der Waals surface area contributed by atoms with Gasteiger partial charge in [0.05, 0.1) is 17.7 Å². The summed E-state index contributed by atoms with van der Waals surface area (Å²) in [6.45, 7) is 2.54. The molecule has 3 aromatic rings. The smallest absolute Gasteiger partial charge is 0.311 e. The monoisotopic (exact) mass is 472 g/mol. The standard InChI is InChI=1S/C25H24N6O4/c1-28-10-12-29(13-11-28)25(32)19(16-26)14-20-17-30(21-6-4-3-5-7-21)27-24(20)18-8-9-23(35-2)22(15-18)31(33)34/h3-9,14-15,17H,10-13H2,1-2H3/b19-14+. The summed E-state index contributed by atoms with van der Waals surface area (Å²) in [6, 6.07) is 15.9. The second-order valence-corrected chi connectivity index (χ2v) is 8.12. The van der Waals surface area contributed by atoms with E-state index in [2.05, 4.69) is 10.00 Å². The largest absolute Gasteiger partial charge is 0.490 e. The van der Waals surface area contributed by atoms with E-state index in [1.807, 2.05) is 43.4 Å². The highest BCUT2D eigenvalue weighted by molar-refractivity contribution is 6.02. The molecule has 35 heavy (non-hydrogen) atoms. The first kappa shape index (κ1) is 23.7. The highest BCUT2D eigenvalue weighted by Crippen LogP contribution is 2.34. The zero-order chi connectivity index (χ0) is 24.9. The minimum atomic E-state index is -0.524. The van der Waals surface area contributed by atoms with Crippen molar-refractivity contribution in [1.29, 1.82) is 5.26 Å². The van der Waals surface area contributed by atoms with Gasteiger partial charge in [-0.05, 0) is 37.4 Å². The van der Waals surface area contributed by atoms with Gasteiger partial charge in [-0.15, -0.1) is 0 Å². The van der Waals surface area contributed by atoms with E-state index in [1.54, 1.807) is 21.8 Å². The lowest BCUT2D eigenvalue weighted by Gasteiger charge is -2.32. The topological polar surface area (TPSA) is 118 Å². The lowest BCUT2D eigenvalue weighted by atomic mass is 10.0. The number of hydrogen-bond acceptors (Lipinski definition) is 7. The summed E-state index contributed by atoms with van der Waals surface area (Å²) >= 11 is 0. The molecule has 0 saturated carbocycles. The Morgan fingerprint density at radius 1 is 1.17 bits per heavy atom. The van der Waals surface area contributed by atoms with E-state index in [0.717, 1.165) is 18.8 Å². The molecular weight excluding hydrogens is 448 g/mol. The second kappa shape index (κ2) is 10.2. The SMILES string of the molecule is COc1ccc(-c2nn(-c3ccccc3)cc2/C=C(\C#N)C(=O)N2CCN(C)CC2)cc1[N+](=O)[O-]. The molecule has 2 heterocycles. The Balaban J connectivity index is 1.81. The minimum Gasteiger partial charge on any atom is -0.490 e. The average Bonchev–Trinajstić information content (AvgIpc) is 3.31. The zero-order valence-electron chi connectivity index (χ0n) is 19.4. The number of nitrogens with zero attached hydrogens (tertiary/aromatic N) is 6. The molecule has 178 valence electrons. The van der Waals surface area contributed by atoms with Crippen LogP contribution in [0.1, 0.15) is 5.56 Å². The number of amides is 1. The zero-order valence-corrected chi connectivity index (χ0v) is 19.4. The van der Waals surface area contributed by atoms with E-state index in [-0.39, 0.29) is 22.9 Å². The van der Waals surface area contributed by atoms with Crippen molar-refractivity contribution in [3.05, 3.63) is 76.0 Å². The highest BCUT2D eigenvalue weighted by Gasteiger charge is 2.24. The quantitative estimate of drug-likeness (QED) is 0.234. The van der Waals surface area contributed by atoms with E-state index >= 15 is 0 Å². The first-order chi connectivity index (χ1) is 16.9. The summed E-state index contributed by atoms with van der Waals surface area (Å²) in [5, 5.41) is 26.0. The van der Waals surface area contributed by atoms with Crippen molar-refractivity contribution in [2.75, 3.05) is 40.3 Å². The summed E-state index contributed by atoms with van der Waals surface area (Å²) in [4.78, 5) is 27.9. The maximum absolute atomic E-state index is 13.1. The van der Waals surface area contributed by atoms with Crippen LogP contribution in [0.15, 0.2) is 60.3 Å². The van der Waals surface area contributed by atoms with Gasteiger partial charge in [0.2, 0.25) is 0 Å². The number of rotatable bonds is 6. The summed E-state index contributed by atoms with van der Waals surface area (Å²) in [5.74, 6) is -0.221. The van der Waals surface area contributed by atoms with E-state index < -0.39 is 4.92 Å². The van der Waals surface area contributed by atoms with Gasteiger partial charge in [0.25, 0.3) is 5.91 Å². The molecule has 0 atom stereocenters. The van der Waals surface area contributed by atoms with E-state index in [1.165, 1.54) is 25.3 Å². The van der Waals surface area contributed by atoms with Crippen LogP contribution >= 0.6 is 0 Å². The van der Waals surface area contributed by atoms with Crippen LogP contribution in [0.5, 0.6) is 5.75 Å². The lowest BCUT2D eigenvalue weighted by molar-refractivity contribution is -0.385. The molecular formula is C25H24N6O4. The fourth-order valence-corrected chi connectivity index (χ4v) is 3.89. The van der Waals surface area contributed by atoms with Crippen LogP contribution in [-0.4, -0.2) is 70.7 Å². The van der Waals surface area contributed by atoms with Gasteiger partial charge >= 0.3 is 5.69 Å². The number of hydrogen-bond donors (Lipinski definition) is 0. The maximum atomic E-state index is 13.1. The molecule has 0 N–H and O–H groups in total. The lowest BCUT2D eigenvalue weighted by Crippen LogP contribution is -2.47. The number of methoxy groups -OCH3 is 1. The Hall–Kier alpha value is -4.49. The van der Waals surface area contributed by atoms with Gasteiger partial charge in [0, 0.05) is 49.6 Å². The molecule has 0 aliphatic carbocycles. The van der Waals surface area contributed by atoms with Gasteiger partial charge in [-0.1, -0.05) is 18.2 Å². The molecule has 0 unspecified atom stereocenters. The third kappa shape index (κ3) is 5.05. The third-order valence-corrected chi connectivity index (χ3v) is 5.85. The first-order valence-corrected chi connectivity index (χ1v) is 11.0. The number of ether oxygens (including phenoxy) is 1. The summed E-state index contributed by atoms with van der Waals surface area (Å²) in [6.07, 6.45) is 3.20. The number of carbonyl (C=O) groups is 1. The number of nitro groups is 1. The van der Waals surface area contributed by atoms with Crippen LogP contribution in [0.3, 0.4) is 0 Å². The van der Waals surface area contributed by atoms with Crippen LogP contribution in [0.4, 0.5) is 5.69 Å². The van der Waals surface area contributed by atoms with Gasteiger partial charge in [0.15, 0.2) is 5.75 Å². The molecule has 1 aromatic heterocycles. The van der Waals surface area contributed by atoms with E-state index in [9.17, 15) is 20.2 Å². The number of aromatic nitrogens is 2. The summed E-state index contributed by atoms with van der Waals surface area (Å²) < 4.78 is 6.73. The van der Waals surface area contributed by atoms with Crippen molar-refractivity contribution in [2.24, 2.45) is 0 Å². The van der Waals surface area contributed by atoms with Crippen molar-refractivity contribution >= 4 is 17.7 Å². The number of carbonyl (C=O) groups excluding carboxylic acids is 1. The number of nitro benzene ring substituents is 1. The van der Waals surface area contributed by atoms with Crippen molar-refractivity contribution < 1.29 is 14.5 Å². The van der Waals surface area contributed by atoms with Gasteiger partial charge in [-0.3, -0.25) is 14.9 Å². The predicted octanol–water partition coefficient (Wildman–Crippen LogP) is 3.14. The normalized spacial score (nSPS) is 14.4. The fourth-order valence-electron chi connectivity index (χ4n) is 3.89. The van der Waals surface area contributed by atoms with Crippen molar-refractivity contribution in [1.82, 2.24) is 19.6 Å². The Kier molecular flexibility index (Phi) is 6.89. The predicted molar refractivity (Wildman–Crippen MR) is 130 cm³/mol. The Morgan fingerprint density at radius 2 is 1.89 bits per heavy atom. The molecule has 1 fully saturated rings. The van der Waals surface area contributed by atoms with Gasteiger partial charge < -0.3 is 14.5 Å². The van der Waals surface area contributed by atoms with E-state index in [4.69, 9.17) is 4.74 Å². The van der Waals surface area contributed by atoms with Crippen molar-refractivity contribution in [3.8, 4) is 28.8 Å². The van der Waals surface area contributed by atoms with E-state index in [0.29, 0.717) is 29.9 Å². The number of benzene rings is 2. The molecule has 1 amide bonds. The van der Waals surface area contributed by atoms with Crippen LogP contribution in [0.25, 0.3) is 23.0 Å². The number of likely N-dealkylation sites (N-methyl/N-ethyl adjacent to an activating group) is 1. The Labute approximate surface area is 202 Å². The molecule has 10 nitrogen and oxygen atoms in total. The molecule has 0 bridgehead atoms. The summed E-state index contributed by atoms with van der Waals surface area (Å²) in [7, 11) is 3.35. The van der Waals surface area contributed by atoms with Crippen molar-refractivity contribution in [2.45, 2.75) is 0 Å². The second-order valence-electron chi connectivity index (χ2n) is 8.12. The average molecular weight is 473 g/mol. The van der Waals surface area contributed by atoms with Crippen LogP contribution < -0.4 is 4.74 Å². The molecule has 1 aliphatic heterocycles. The van der Waals surface area contributed by atoms with Gasteiger partial charge in [-0.2, -0.15) is 10.4 Å². The van der Waals surface area contributed by atoms with Crippen LogP contribution in [0.2, 0.25) is 0 Å². The molecule has 1 saturated heterocycles. The van der Waals surface area contributed by atoms with Gasteiger partial charge in [-0.25, -0.2) is 4.68 Å². The molecule has 0 radical (unpaired) electrons. The van der Waals surface area contributed by atoms with Gasteiger partial charge in [0.1, 0.15) is 17.3 Å². The van der Waals surface area contributed by atoms with Crippen LogP contribution in [-0.2, 0) is 4.79 Å². The molecule has 0 spiro atoms. The first-order valence-electron chi connectivity index (χ1n) is 11.0. The highest BCUT2D eigenvalue weighted by atomic mass is 16.6. The summed E-state index contributed by atoms with van der Waals surface area (Å²) in [5.41, 5.74) is 1.89. The number of para-hydroxylation sites is 1. The Bertz CT molecular complexity index is 1320. The maximum Gasteiger partial charge on any atom is 0.311 e. The van der Waals surface area contributed by atoms with Crippen LogP contribution in [0, 0.1) is 21.4 Å². The Morgan fingerprint density at radius 3 is 2.51 bits per heavy atom. The van der Waals surface area contributed by atoms with Crippen molar-refractivity contribution in [3.63, 3.8) is 0 Å². The number of nitriles is 1. The fraction of sp³-hybridized carbons (Fsp3) is 0.240. The molecule has 2 aromatic carbocycles.